The number of thiophene rings is 1. The van der Waals surface area contributed by atoms with Gasteiger partial charge in [0, 0.05) is 37.7 Å². The fourth-order valence-corrected chi connectivity index (χ4v) is 5.50. The Hall–Kier alpha value is -1.65. The molecule has 0 aliphatic carbocycles. The summed E-state index contributed by atoms with van der Waals surface area (Å²) in [5.74, 6) is 0. The van der Waals surface area contributed by atoms with Gasteiger partial charge in [0.05, 0.1) is 10.9 Å². The number of hydrogen-bond acceptors (Lipinski definition) is 5. The average molecular weight is 457 g/mol. The van der Waals surface area contributed by atoms with Crippen molar-refractivity contribution in [2.75, 3.05) is 46.8 Å². The van der Waals surface area contributed by atoms with Crippen molar-refractivity contribution >= 4 is 39.0 Å². The lowest BCUT2D eigenvalue weighted by molar-refractivity contribution is 0.168. The van der Waals surface area contributed by atoms with E-state index < -0.39 is 10.0 Å². The molecule has 3 rings (SSSR count). The standard InChI is InChI=1S/C19H25ClN4O3S2/c1-22(2)18(15-7-12-28-14-15)13-21-19(25)23-8-10-24(11-9-23)29(26,27)17-5-3-16(20)4-6-17/h3-7,12,14,18H,8-11,13H2,1-2H3,(H,21,25). The molecule has 0 bridgehead atoms. The molecule has 0 radical (unpaired) electrons. The highest BCUT2D eigenvalue weighted by molar-refractivity contribution is 7.89. The largest absolute Gasteiger partial charge is 0.336 e. The summed E-state index contributed by atoms with van der Waals surface area (Å²) >= 11 is 7.47. The zero-order valence-corrected chi connectivity index (χ0v) is 18.8. The first-order valence-electron chi connectivity index (χ1n) is 9.26. The number of sulfonamides is 1. The van der Waals surface area contributed by atoms with E-state index in [2.05, 4.69) is 21.7 Å². The van der Waals surface area contributed by atoms with Crippen molar-refractivity contribution < 1.29 is 13.2 Å². The molecule has 2 heterocycles. The minimum absolute atomic E-state index is 0.0942. The highest BCUT2D eigenvalue weighted by Crippen LogP contribution is 2.21. The van der Waals surface area contributed by atoms with Crippen LogP contribution in [0.1, 0.15) is 11.6 Å². The number of benzene rings is 1. The Kier molecular flexibility index (Phi) is 7.18. The summed E-state index contributed by atoms with van der Waals surface area (Å²) in [6.07, 6.45) is 0. The molecular weight excluding hydrogens is 432 g/mol. The number of carbonyl (C=O) groups is 1. The maximum Gasteiger partial charge on any atom is 0.317 e. The fraction of sp³-hybridized carbons (Fsp3) is 0.421. The second kappa shape index (κ2) is 9.44. The van der Waals surface area contributed by atoms with E-state index in [1.165, 1.54) is 22.0 Å². The highest BCUT2D eigenvalue weighted by Gasteiger charge is 2.30. The summed E-state index contributed by atoms with van der Waals surface area (Å²) in [4.78, 5) is 16.5. The quantitative estimate of drug-likeness (QED) is 0.725. The molecule has 29 heavy (non-hydrogen) atoms. The van der Waals surface area contributed by atoms with Crippen molar-refractivity contribution in [2.24, 2.45) is 0 Å². The molecular formula is C19H25ClN4O3S2. The van der Waals surface area contributed by atoms with E-state index in [1.807, 2.05) is 19.5 Å². The van der Waals surface area contributed by atoms with Crippen LogP contribution < -0.4 is 5.32 Å². The summed E-state index contributed by atoms with van der Waals surface area (Å²) in [5, 5.41) is 7.57. The number of hydrogen-bond donors (Lipinski definition) is 1. The van der Waals surface area contributed by atoms with Crippen LogP contribution in [0.15, 0.2) is 46.0 Å². The second-order valence-electron chi connectivity index (χ2n) is 7.07. The molecule has 1 saturated heterocycles. The van der Waals surface area contributed by atoms with Crippen molar-refractivity contribution in [3.05, 3.63) is 51.7 Å². The van der Waals surface area contributed by atoms with Crippen LogP contribution in [0.5, 0.6) is 0 Å². The van der Waals surface area contributed by atoms with Crippen LogP contribution >= 0.6 is 22.9 Å². The number of piperazine rings is 1. The van der Waals surface area contributed by atoms with Crippen molar-refractivity contribution in [1.29, 1.82) is 0 Å². The first-order valence-corrected chi connectivity index (χ1v) is 12.0. The van der Waals surface area contributed by atoms with Gasteiger partial charge in [-0.15, -0.1) is 0 Å². The van der Waals surface area contributed by atoms with Gasteiger partial charge in [-0.2, -0.15) is 15.6 Å². The molecule has 1 aromatic carbocycles. The molecule has 0 spiro atoms. The maximum absolute atomic E-state index is 12.8. The van der Waals surface area contributed by atoms with Gasteiger partial charge in [-0.05, 0) is 60.8 Å². The van der Waals surface area contributed by atoms with Gasteiger partial charge in [0.2, 0.25) is 10.0 Å². The normalized spacial score (nSPS) is 16.8. The van der Waals surface area contributed by atoms with Gasteiger partial charge in [-0.1, -0.05) is 11.6 Å². The highest BCUT2D eigenvalue weighted by atomic mass is 35.5. The molecule has 0 saturated carbocycles. The van der Waals surface area contributed by atoms with Gasteiger partial charge >= 0.3 is 6.03 Å². The van der Waals surface area contributed by atoms with Gasteiger partial charge in [0.1, 0.15) is 0 Å². The van der Waals surface area contributed by atoms with E-state index >= 15 is 0 Å². The minimum Gasteiger partial charge on any atom is -0.336 e. The molecule has 7 nitrogen and oxygen atoms in total. The molecule has 1 atom stereocenters. The Morgan fingerprint density at radius 2 is 1.83 bits per heavy atom. The summed E-state index contributed by atoms with van der Waals surface area (Å²) in [6.45, 7) is 1.72. The lowest BCUT2D eigenvalue weighted by atomic mass is 10.1. The van der Waals surface area contributed by atoms with Crippen molar-refractivity contribution in [3.8, 4) is 0 Å². The summed E-state index contributed by atoms with van der Waals surface area (Å²) < 4.78 is 26.9. The average Bonchev–Trinajstić information content (AvgIpc) is 3.22. The summed E-state index contributed by atoms with van der Waals surface area (Å²) in [5.41, 5.74) is 1.17. The Labute approximate surface area is 180 Å². The zero-order valence-electron chi connectivity index (χ0n) is 16.4. The summed E-state index contributed by atoms with van der Waals surface area (Å²) in [7, 11) is 0.378. The molecule has 2 amide bonds. The zero-order chi connectivity index (χ0) is 21.0. The monoisotopic (exact) mass is 456 g/mol. The molecule has 1 aromatic heterocycles. The van der Waals surface area contributed by atoms with Gasteiger partial charge in [-0.25, -0.2) is 13.2 Å². The van der Waals surface area contributed by atoms with Crippen LogP contribution in [0.25, 0.3) is 0 Å². The van der Waals surface area contributed by atoms with E-state index in [9.17, 15) is 13.2 Å². The van der Waals surface area contributed by atoms with Gasteiger partial charge in [0.25, 0.3) is 0 Å². The Bertz CT molecular complexity index is 909. The predicted molar refractivity (Wildman–Crippen MR) is 116 cm³/mol. The molecule has 10 heteroatoms. The van der Waals surface area contributed by atoms with Crippen molar-refractivity contribution in [1.82, 2.24) is 19.4 Å². The smallest absolute Gasteiger partial charge is 0.317 e. The lowest BCUT2D eigenvalue weighted by Crippen LogP contribution is -2.53. The number of nitrogens with one attached hydrogen (secondary N) is 1. The number of amides is 2. The second-order valence-corrected chi connectivity index (χ2v) is 10.2. The molecule has 1 fully saturated rings. The van der Waals surface area contributed by atoms with Gasteiger partial charge in [0.15, 0.2) is 0 Å². The van der Waals surface area contributed by atoms with Gasteiger partial charge in [-0.3, -0.25) is 0 Å². The van der Waals surface area contributed by atoms with Crippen LogP contribution in [0.4, 0.5) is 4.79 Å². The minimum atomic E-state index is -3.58. The number of rotatable bonds is 6. The molecule has 1 aliphatic heterocycles. The molecule has 158 valence electrons. The third-order valence-corrected chi connectivity index (χ3v) is 7.84. The number of likely N-dealkylation sites (N-methyl/N-ethyl adjacent to an activating group) is 1. The third kappa shape index (κ3) is 5.29. The molecule has 1 N–H and O–H groups in total. The Morgan fingerprint density at radius 1 is 1.17 bits per heavy atom. The predicted octanol–water partition coefficient (Wildman–Crippen LogP) is 2.72. The topological polar surface area (TPSA) is 73.0 Å². The number of urea groups is 1. The van der Waals surface area contributed by atoms with Crippen molar-refractivity contribution in [2.45, 2.75) is 10.9 Å². The Balaban J connectivity index is 1.54. The van der Waals surface area contributed by atoms with Crippen LogP contribution in [0.2, 0.25) is 5.02 Å². The van der Waals surface area contributed by atoms with Crippen LogP contribution in [0, 0.1) is 0 Å². The Morgan fingerprint density at radius 3 is 2.38 bits per heavy atom. The first-order chi connectivity index (χ1) is 13.8. The number of carbonyl (C=O) groups excluding carboxylic acids is 1. The van der Waals surface area contributed by atoms with E-state index in [4.69, 9.17) is 11.6 Å². The molecule has 1 aliphatic rings. The molecule has 1 unspecified atom stereocenters. The van der Waals surface area contributed by atoms with Crippen LogP contribution in [-0.2, 0) is 10.0 Å². The lowest BCUT2D eigenvalue weighted by Gasteiger charge is -2.34. The van der Waals surface area contributed by atoms with Gasteiger partial charge < -0.3 is 15.1 Å². The first kappa shape index (κ1) is 22.0. The van der Waals surface area contributed by atoms with Crippen molar-refractivity contribution in [3.63, 3.8) is 0 Å². The number of halogens is 1. The van der Waals surface area contributed by atoms with E-state index in [-0.39, 0.29) is 30.1 Å². The van der Waals surface area contributed by atoms with E-state index in [0.29, 0.717) is 24.7 Å². The fourth-order valence-electron chi connectivity index (χ4n) is 3.25. The van der Waals surface area contributed by atoms with Crippen LogP contribution in [-0.4, -0.2) is 75.4 Å². The number of nitrogens with zero attached hydrogens (tertiary/aromatic N) is 3. The SMILES string of the molecule is CN(C)C(CNC(=O)N1CCN(S(=O)(=O)c2ccc(Cl)cc2)CC1)c1ccsc1. The third-order valence-electron chi connectivity index (χ3n) is 4.98. The van der Waals surface area contributed by atoms with E-state index in [0.717, 1.165) is 0 Å². The van der Waals surface area contributed by atoms with E-state index in [1.54, 1.807) is 28.4 Å². The van der Waals surface area contributed by atoms with Crippen LogP contribution in [0.3, 0.4) is 0 Å². The molecule has 2 aromatic rings. The maximum atomic E-state index is 12.8. The summed E-state index contributed by atoms with van der Waals surface area (Å²) in [6, 6.07) is 8.11.